The lowest BCUT2D eigenvalue weighted by atomic mass is 10.2. The first-order chi connectivity index (χ1) is 12.9. The molecule has 0 aliphatic carbocycles. The molecule has 0 saturated heterocycles. The maximum absolute atomic E-state index is 11.6. The molecule has 0 aliphatic heterocycles. The first kappa shape index (κ1) is 18.8. The molecule has 0 aliphatic rings. The quantitative estimate of drug-likeness (QED) is 0.620. The van der Waals surface area contributed by atoms with Crippen LogP contribution in [0.2, 0.25) is 0 Å². The van der Waals surface area contributed by atoms with Gasteiger partial charge in [-0.05, 0) is 12.1 Å². The van der Waals surface area contributed by atoms with Gasteiger partial charge in [0.2, 0.25) is 11.8 Å². The van der Waals surface area contributed by atoms with Crippen LogP contribution in [0.5, 0.6) is 23.3 Å². The second-order valence-corrected chi connectivity index (χ2v) is 7.06. The molecule has 2 N–H and O–H groups in total. The molecule has 1 heterocycles. The molecule has 1 aromatic heterocycles. The zero-order valence-electron chi connectivity index (χ0n) is 14.6. The lowest BCUT2D eigenvalue weighted by molar-refractivity contribution is 0.382. The van der Waals surface area contributed by atoms with E-state index in [9.17, 15) is 14.4 Å². The Bertz CT molecular complexity index is 990. The molecule has 2 aromatic carbocycles. The summed E-state index contributed by atoms with van der Waals surface area (Å²) in [5, 5.41) is -0.221. The van der Waals surface area contributed by atoms with Crippen molar-refractivity contribution in [2.24, 2.45) is 0 Å². The van der Waals surface area contributed by atoms with Crippen LogP contribution in [0.25, 0.3) is 11.4 Å². The molecule has 9 heteroatoms. The van der Waals surface area contributed by atoms with Gasteiger partial charge in [-0.25, -0.2) is 0 Å². The van der Waals surface area contributed by atoms with E-state index in [1.165, 1.54) is 38.5 Å². The standard InChI is InChI=1S/C18H17N2O6P/c1-24-13-8-14(10-15(9-13)27(21,22)23)26-17-11-16(25-2)19-18(20-17)12-6-4-3-5-7-12/h3-11H,1-2H3,(H2,21,22,23). The molecule has 0 unspecified atom stereocenters. The first-order valence-electron chi connectivity index (χ1n) is 7.80. The number of methoxy groups -OCH3 is 2. The Morgan fingerprint density at radius 1 is 0.852 bits per heavy atom. The minimum atomic E-state index is -4.48. The maximum atomic E-state index is 11.6. The summed E-state index contributed by atoms with van der Waals surface area (Å²) in [7, 11) is -1.62. The van der Waals surface area contributed by atoms with Gasteiger partial charge in [0.15, 0.2) is 5.82 Å². The Hall–Kier alpha value is -2.93. The smallest absolute Gasteiger partial charge is 0.356 e. The van der Waals surface area contributed by atoms with E-state index in [0.717, 1.165) is 5.56 Å². The van der Waals surface area contributed by atoms with Gasteiger partial charge < -0.3 is 24.0 Å². The van der Waals surface area contributed by atoms with E-state index in [4.69, 9.17) is 14.2 Å². The zero-order chi connectivity index (χ0) is 19.4. The van der Waals surface area contributed by atoms with Crippen molar-refractivity contribution in [3.05, 3.63) is 54.6 Å². The van der Waals surface area contributed by atoms with E-state index in [-0.39, 0.29) is 28.6 Å². The number of rotatable bonds is 6. The first-order valence-corrected chi connectivity index (χ1v) is 9.42. The fourth-order valence-electron chi connectivity index (χ4n) is 2.30. The topological polar surface area (TPSA) is 111 Å². The van der Waals surface area contributed by atoms with Crippen molar-refractivity contribution in [3.63, 3.8) is 0 Å². The minimum Gasteiger partial charge on any atom is -0.497 e. The van der Waals surface area contributed by atoms with E-state index in [1.807, 2.05) is 30.3 Å². The van der Waals surface area contributed by atoms with Crippen molar-refractivity contribution < 1.29 is 28.6 Å². The van der Waals surface area contributed by atoms with Gasteiger partial charge >= 0.3 is 7.60 Å². The summed E-state index contributed by atoms with van der Waals surface area (Å²) in [6.07, 6.45) is 0. The molecule has 0 fully saturated rings. The third-order valence-corrected chi connectivity index (χ3v) is 4.51. The van der Waals surface area contributed by atoms with Gasteiger partial charge in [0.05, 0.1) is 25.6 Å². The summed E-state index contributed by atoms with van der Waals surface area (Å²) in [5.41, 5.74) is 0.766. The van der Waals surface area contributed by atoms with Gasteiger partial charge in [0, 0.05) is 11.6 Å². The highest BCUT2D eigenvalue weighted by Crippen LogP contribution is 2.37. The average Bonchev–Trinajstić information content (AvgIpc) is 2.67. The molecule has 140 valence electrons. The van der Waals surface area contributed by atoms with Gasteiger partial charge in [-0.1, -0.05) is 30.3 Å². The van der Waals surface area contributed by atoms with Crippen LogP contribution in [0, 0.1) is 0 Å². The third kappa shape index (κ3) is 4.62. The van der Waals surface area contributed by atoms with E-state index in [2.05, 4.69) is 9.97 Å². The molecule has 0 saturated carbocycles. The van der Waals surface area contributed by atoms with Crippen LogP contribution in [-0.4, -0.2) is 34.0 Å². The van der Waals surface area contributed by atoms with Crippen LogP contribution >= 0.6 is 7.60 Å². The third-order valence-electron chi connectivity index (χ3n) is 3.58. The van der Waals surface area contributed by atoms with Crippen molar-refractivity contribution in [1.82, 2.24) is 9.97 Å². The second kappa shape index (κ2) is 7.75. The molecule has 0 atom stereocenters. The zero-order valence-corrected chi connectivity index (χ0v) is 15.5. The van der Waals surface area contributed by atoms with Gasteiger partial charge in [-0.3, -0.25) is 4.57 Å². The van der Waals surface area contributed by atoms with Crippen molar-refractivity contribution in [1.29, 1.82) is 0 Å². The van der Waals surface area contributed by atoms with Gasteiger partial charge in [0.1, 0.15) is 11.5 Å². The second-order valence-electron chi connectivity index (χ2n) is 5.45. The number of aromatic nitrogens is 2. The van der Waals surface area contributed by atoms with E-state index < -0.39 is 7.60 Å². The number of benzene rings is 2. The van der Waals surface area contributed by atoms with Crippen LogP contribution < -0.4 is 19.5 Å². The van der Waals surface area contributed by atoms with Gasteiger partial charge in [-0.2, -0.15) is 9.97 Å². The summed E-state index contributed by atoms with van der Waals surface area (Å²) >= 11 is 0. The summed E-state index contributed by atoms with van der Waals surface area (Å²) in [6, 6.07) is 14.7. The molecular formula is C18H17N2O6P. The number of ether oxygens (including phenoxy) is 3. The van der Waals surface area contributed by atoms with Gasteiger partial charge in [-0.15, -0.1) is 0 Å². The summed E-state index contributed by atoms with van der Waals surface area (Å²) < 4.78 is 27.6. The molecule has 27 heavy (non-hydrogen) atoms. The molecule has 3 aromatic rings. The Morgan fingerprint density at radius 3 is 2.15 bits per heavy atom. The number of hydrogen-bond donors (Lipinski definition) is 2. The Labute approximate surface area is 155 Å². The highest BCUT2D eigenvalue weighted by molar-refractivity contribution is 7.60. The minimum absolute atomic E-state index is 0.158. The lowest BCUT2D eigenvalue weighted by Gasteiger charge is -2.12. The van der Waals surface area contributed by atoms with Crippen LogP contribution in [0.3, 0.4) is 0 Å². The average molecular weight is 388 g/mol. The van der Waals surface area contributed by atoms with E-state index in [1.54, 1.807) is 0 Å². The number of hydrogen-bond acceptors (Lipinski definition) is 6. The van der Waals surface area contributed by atoms with Crippen molar-refractivity contribution in [2.45, 2.75) is 0 Å². The molecule has 3 rings (SSSR count). The fourth-order valence-corrected chi connectivity index (χ4v) is 2.89. The van der Waals surface area contributed by atoms with E-state index in [0.29, 0.717) is 5.82 Å². The monoisotopic (exact) mass is 388 g/mol. The maximum Gasteiger partial charge on any atom is 0.356 e. The Morgan fingerprint density at radius 2 is 1.52 bits per heavy atom. The largest absolute Gasteiger partial charge is 0.497 e. The van der Waals surface area contributed by atoms with Gasteiger partial charge in [0.25, 0.3) is 0 Å². The predicted octanol–water partition coefficient (Wildman–Crippen LogP) is 2.76. The highest BCUT2D eigenvalue weighted by Gasteiger charge is 2.20. The van der Waals surface area contributed by atoms with Crippen LogP contribution in [0.1, 0.15) is 0 Å². The van der Waals surface area contributed by atoms with Crippen molar-refractivity contribution >= 4 is 12.9 Å². The van der Waals surface area contributed by atoms with Crippen LogP contribution in [0.4, 0.5) is 0 Å². The molecular weight excluding hydrogens is 371 g/mol. The molecule has 0 spiro atoms. The summed E-state index contributed by atoms with van der Waals surface area (Å²) in [6.45, 7) is 0. The molecule has 0 amide bonds. The molecule has 0 bridgehead atoms. The van der Waals surface area contributed by atoms with Crippen molar-refractivity contribution in [3.8, 4) is 34.6 Å². The molecule has 0 radical (unpaired) electrons. The van der Waals surface area contributed by atoms with Crippen LogP contribution in [-0.2, 0) is 4.57 Å². The Balaban J connectivity index is 2.02. The summed E-state index contributed by atoms with van der Waals surface area (Å²) in [4.78, 5) is 27.5. The SMILES string of the molecule is COc1cc(Oc2cc(OC)nc(-c3ccccc3)n2)cc(P(=O)(O)O)c1. The predicted molar refractivity (Wildman–Crippen MR) is 98.8 cm³/mol. The molecule has 8 nitrogen and oxygen atoms in total. The summed E-state index contributed by atoms with van der Waals surface area (Å²) in [5.74, 6) is 1.24. The normalized spacial score (nSPS) is 11.1. The van der Waals surface area contributed by atoms with E-state index >= 15 is 0 Å². The Kier molecular flexibility index (Phi) is 5.41. The highest BCUT2D eigenvalue weighted by atomic mass is 31.2. The fraction of sp³-hybridized carbons (Fsp3) is 0.111. The van der Waals surface area contributed by atoms with Crippen molar-refractivity contribution in [2.75, 3.05) is 14.2 Å². The van der Waals surface area contributed by atoms with Crippen LogP contribution in [0.15, 0.2) is 54.6 Å². The lowest BCUT2D eigenvalue weighted by Crippen LogP contribution is -2.05. The number of nitrogens with zero attached hydrogens (tertiary/aromatic N) is 2.